The number of benzene rings is 1. The summed E-state index contributed by atoms with van der Waals surface area (Å²) in [4.78, 5) is 11.8. The molecule has 21 heavy (non-hydrogen) atoms. The SMILES string of the molecule is Cc1cc(S(=O)(=O)NC(C)C(=O)NC2CC2)cc(N)c1Cl. The van der Waals surface area contributed by atoms with Gasteiger partial charge in [-0.05, 0) is 44.4 Å². The Morgan fingerprint density at radius 3 is 2.57 bits per heavy atom. The standard InChI is InChI=1S/C13H18ClN3O3S/c1-7-5-10(6-11(15)12(7)14)21(19,20)17-8(2)13(18)16-9-3-4-9/h5-6,8-9,17H,3-4,15H2,1-2H3,(H,16,18). The fourth-order valence-corrected chi connectivity index (χ4v) is 3.26. The molecule has 2 rings (SSSR count). The highest BCUT2D eigenvalue weighted by molar-refractivity contribution is 7.89. The van der Waals surface area contributed by atoms with Crippen molar-refractivity contribution in [3.8, 4) is 0 Å². The molecule has 1 aliphatic rings. The van der Waals surface area contributed by atoms with Crippen LogP contribution in [0.3, 0.4) is 0 Å². The van der Waals surface area contributed by atoms with Crippen molar-refractivity contribution >= 4 is 33.2 Å². The highest BCUT2D eigenvalue weighted by Crippen LogP contribution is 2.26. The number of amides is 1. The number of sulfonamides is 1. The van der Waals surface area contributed by atoms with Crippen LogP contribution in [0, 0.1) is 6.92 Å². The van der Waals surface area contributed by atoms with Crippen LogP contribution < -0.4 is 15.8 Å². The number of aryl methyl sites for hydroxylation is 1. The Morgan fingerprint density at radius 2 is 2.05 bits per heavy atom. The van der Waals surface area contributed by atoms with Crippen LogP contribution in [0.1, 0.15) is 25.3 Å². The van der Waals surface area contributed by atoms with E-state index in [0.717, 1.165) is 12.8 Å². The lowest BCUT2D eigenvalue weighted by atomic mass is 10.2. The van der Waals surface area contributed by atoms with E-state index in [1.54, 1.807) is 6.92 Å². The third-order valence-electron chi connectivity index (χ3n) is 3.22. The molecule has 116 valence electrons. The average Bonchev–Trinajstić information content (AvgIpc) is 3.18. The Hall–Kier alpha value is -1.31. The van der Waals surface area contributed by atoms with Crippen molar-refractivity contribution < 1.29 is 13.2 Å². The summed E-state index contributed by atoms with van der Waals surface area (Å²) < 4.78 is 26.9. The highest BCUT2D eigenvalue weighted by atomic mass is 35.5. The van der Waals surface area contributed by atoms with Crippen LogP contribution in [0.15, 0.2) is 17.0 Å². The van der Waals surface area contributed by atoms with Gasteiger partial charge in [-0.2, -0.15) is 4.72 Å². The summed E-state index contributed by atoms with van der Waals surface area (Å²) in [5.74, 6) is -0.334. The fraction of sp³-hybridized carbons (Fsp3) is 0.462. The first-order valence-corrected chi connectivity index (χ1v) is 8.45. The number of hydrogen-bond acceptors (Lipinski definition) is 4. The molecule has 0 heterocycles. The van der Waals surface area contributed by atoms with Gasteiger partial charge < -0.3 is 11.1 Å². The zero-order valence-corrected chi connectivity index (χ0v) is 13.4. The number of hydrogen-bond donors (Lipinski definition) is 3. The zero-order valence-electron chi connectivity index (χ0n) is 11.8. The molecule has 1 aromatic carbocycles. The van der Waals surface area contributed by atoms with E-state index < -0.39 is 16.1 Å². The van der Waals surface area contributed by atoms with Crippen LogP contribution in [0.5, 0.6) is 0 Å². The van der Waals surface area contributed by atoms with Gasteiger partial charge in [-0.25, -0.2) is 8.42 Å². The van der Waals surface area contributed by atoms with Crippen LogP contribution >= 0.6 is 11.6 Å². The lowest BCUT2D eigenvalue weighted by Crippen LogP contribution is -2.45. The van der Waals surface area contributed by atoms with Gasteiger partial charge in [0.15, 0.2) is 0 Å². The minimum Gasteiger partial charge on any atom is -0.397 e. The largest absolute Gasteiger partial charge is 0.397 e. The summed E-state index contributed by atoms with van der Waals surface area (Å²) in [7, 11) is -3.83. The summed E-state index contributed by atoms with van der Waals surface area (Å²) in [6.45, 7) is 3.17. The zero-order chi connectivity index (χ0) is 15.8. The highest BCUT2D eigenvalue weighted by Gasteiger charge is 2.28. The smallest absolute Gasteiger partial charge is 0.241 e. The maximum Gasteiger partial charge on any atom is 0.241 e. The van der Waals surface area contributed by atoms with Crippen molar-refractivity contribution in [3.05, 3.63) is 22.7 Å². The lowest BCUT2D eigenvalue weighted by Gasteiger charge is -2.15. The molecule has 1 unspecified atom stereocenters. The topological polar surface area (TPSA) is 101 Å². The van der Waals surface area contributed by atoms with E-state index in [1.807, 2.05) is 0 Å². The maximum atomic E-state index is 12.3. The second-order valence-corrected chi connectivity index (χ2v) is 7.36. The van der Waals surface area contributed by atoms with Gasteiger partial charge in [0, 0.05) is 6.04 Å². The molecule has 8 heteroatoms. The Bertz CT molecular complexity index is 648. The first-order chi connectivity index (χ1) is 9.70. The number of halogens is 1. The summed E-state index contributed by atoms with van der Waals surface area (Å²) >= 11 is 5.92. The second-order valence-electron chi connectivity index (χ2n) is 5.27. The van der Waals surface area contributed by atoms with E-state index in [4.69, 9.17) is 17.3 Å². The van der Waals surface area contributed by atoms with Crippen molar-refractivity contribution in [2.75, 3.05) is 5.73 Å². The Kier molecular flexibility index (Phi) is 4.46. The van der Waals surface area contributed by atoms with Crippen molar-refractivity contribution in [2.24, 2.45) is 0 Å². The normalized spacial score (nSPS) is 16.5. The molecule has 1 amide bonds. The number of rotatable bonds is 5. The Morgan fingerprint density at radius 1 is 1.43 bits per heavy atom. The van der Waals surface area contributed by atoms with Crippen molar-refractivity contribution in [1.29, 1.82) is 0 Å². The lowest BCUT2D eigenvalue weighted by molar-refractivity contribution is -0.122. The fourth-order valence-electron chi connectivity index (χ4n) is 1.83. The van der Waals surface area contributed by atoms with Gasteiger partial charge >= 0.3 is 0 Å². The summed E-state index contributed by atoms with van der Waals surface area (Å²) in [5.41, 5.74) is 6.43. The van der Waals surface area contributed by atoms with Gasteiger partial charge in [0.05, 0.1) is 21.6 Å². The van der Waals surface area contributed by atoms with Crippen LogP contribution in [-0.2, 0) is 14.8 Å². The second kappa shape index (κ2) is 5.82. The molecule has 1 aromatic rings. The number of nitrogen functional groups attached to an aromatic ring is 1. The minimum atomic E-state index is -3.83. The van der Waals surface area contributed by atoms with Gasteiger partial charge in [0.2, 0.25) is 15.9 Å². The molecule has 1 atom stereocenters. The molecule has 0 aromatic heterocycles. The third-order valence-corrected chi connectivity index (χ3v) is 5.25. The molecule has 0 bridgehead atoms. The predicted molar refractivity (Wildman–Crippen MR) is 81.5 cm³/mol. The van der Waals surface area contributed by atoms with E-state index in [1.165, 1.54) is 19.1 Å². The molecule has 6 nitrogen and oxygen atoms in total. The van der Waals surface area contributed by atoms with Crippen LogP contribution in [0.25, 0.3) is 0 Å². The van der Waals surface area contributed by atoms with Gasteiger partial charge in [-0.3, -0.25) is 4.79 Å². The molecule has 0 aliphatic heterocycles. The number of carbonyl (C=O) groups excluding carboxylic acids is 1. The summed E-state index contributed by atoms with van der Waals surface area (Å²) in [6.07, 6.45) is 1.89. The monoisotopic (exact) mass is 331 g/mol. The summed E-state index contributed by atoms with van der Waals surface area (Å²) in [5, 5.41) is 3.08. The predicted octanol–water partition coefficient (Wildman–Crippen LogP) is 1.18. The number of nitrogens with one attached hydrogen (secondary N) is 2. The number of anilines is 1. The van der Waals surface area contributed by atoms with Gasteiger partial charge in [0.1, 0.15) is 0 Å². The minimum absolute atomic E-state index is 0.00651. The molecule has 1 saturated carbocycles. The van der Waals surface area contributed by atoms with Crippen molar-refractivity contribution in [1.82, 2.24) is 10.0 Å². The third kappa shape index (κ3) is 3.87. The van der Waals surface area contributed by atoms with Crippen LogP contribution in [-0.4, -0.2) is 26.4 Å². The molecule has 1 fully saturated rings. The Labute approximate surface area is 129 Å². The van der Waals surface area contributed by atoms with E-state index in [0.29, 0.717) is 10.6 Å². The van der Waals surface area contributed by atoms with E-state index in [2.05, 4.69) is 10.0 Å². The molecule has 0 radical (unpaired) electrons. The molecular formula is C13H18ClN3O3S. The summed E-state index contributed by atoms with van der Waals surface area (Å²) in [6, 6.07) is 2.03. The average molecular weight is 332 g/mol. The van der Waals surface area contributed by atoms with Gasteiger partial charge in [0.25, 0.3) is 0 Å². The van der Waals surface area contributed by atoms with Gasteiger partial charge in [-0.15, -0.1) is 0 Å². The molecule has 4 N–H and O–H groups in total. The maximum absolute atomic E-state index is 12.3. The van der Waals surface area contributed by atoms with Gasteiger partial charge in [-0.1, -0.05) is 11.6 Å². The quantitative estimate of drug-likeness (QED) is 0.705. The molecule has 0 spiro atoms. The van der Waals surface area contributed by atoms with Crippen LogP contribution in [0.4, 0.5) is 5.69 Å². The van der Waals surface area contributed by atoms with Crippen molar-refractivity contribution in [2.45, 2.75) is 43.7 Å². The van der Waals surface area contributed by atoms with E-state index in [9.17, 15) is 13.2 Å². The van der Waals surface area contributed by atoms with E-state index in [-0.39, 0.29) is 22.5 Å². The number of nitrogens with two attached hydrogens (primary N) is 1. The first kappa shape index (κ1) is 16.1. The molecular weight excluding hydrogens is 314 g/mol. The molecule has 1 aliphatic carbocycles. The number of carbonyl (C=O) groups is 1. The van der Waals surface area contributed by atoms with E-state index >= 15 is 0 Å². The van der Waals surface area contributed by atoms with Crippen LogP contribution in [0.2, 0.25) is 5.02 Å². The molecule has 0 saturated heterocycles. The van der Waals surface area contributed by atoms with Crippen molar-refractivity contribution in [3.63, 3.8) is 0 Å². The Balaban J connectivity index is 2.15. The first-order valence-electron chi connectivity index (χ1n) is 6.59.